The number of aliphatic carboxylic acids is 1. The molecule has 0 amide bonds. The van der Waals surface area contributed by atoms with E-state index in [1.807, 2.05) is 0 Å². The summed E-state index contributed by atoms with van der Waals surface area (Å²) in [5, 5.41) is 9.76. The SMILES string of the molecule is CCCCC=CC(=O)[O-].[Na+]. The smallest absolute Gasteiger partial charge is 0.545 e. The van der Waals surface area contributed by atoms with Crippen LogP contribution in [-0.2, 0) is 4.79 Å². The fraction of sp³-hybridized carbons (Fsp3) is 0.571. The van der Waals surface area contributed by atoms with Crippen molar-refractivity contribution in [2.75, 3.05) is 0 Å². The Kier molecular flexibility index (Phi) is 11.8. The molecule has 3 heteroatoms. The second-order valence-electron chi connectivity index (χ2n) is 1.86. The van der Waals surface area contributed by atoms with Gasteiger partial charge in [-0.05, 0) is 12.5 Å². The minimum atomic E-state index is -1.11. The molecule has 0 aliphatic heterocycles. The summed E-state index contributed by atoms with van der Waals surface area (Å²) < 4.78 is 0. The van der Waals surface area contributed by atoms with E-state index in [1.165, 1.54) is 0 Å². The molecule has 10 heavy (non-hydrogen) atoms. The minimum Gasteiger partial charge on any atom is -0.545 e. The van der Waals surface area contributed by atoms with Gasteiger partial charge in [0.1, 0.15) is 0 Å². The van der Waals surface area contributed by atoms with E-state index in [-0.39, 0.29) is 29.6 Å². The van der Waals surface area contributed by atoms with E-state index >= 15 is 0 Å². The maximum Gasteiger partial charge on any atom is 1.00 e. The quantitative estimate of drug-likeness (QED) is 0.252. The van der Waals surface area contributed by atoms with Gasteiger partial charge in [-0.25, -0.2) is 0 Å². The number of unbranched alkanes of at least 4 members (excludes halogenated alkanes) is 2. The van der Waals surface area contributed by atoms with Crippen molar-refractivity contribution in [3.05, 3.63) is 12.2 Å². The Bertz CT molecular complexity index is 110. The molecule has 0 atom stereocenters. The molecule has 0 radical (unpaired) electrons. The average molecular weight is 150 g/mol. The van der Waals surface area contributed by atoms with Crippen LogP contribution < -0.4 is 34.7 Å². The first-order valence-corrected chi connectivity index (χ1v) is 3.15. The van der Waals surface area contributed by atoms with Crippen LogP contribution in [0.15, 0.2) is 12.2 Å². The van der Waals surface area contributed by atoms with Gasteiger partial charge in [0.25, 0.3) is 0 Å². The van der Waals surface area contributed by atoms with E-state index < -0.39 is 5.97 Å². The van der Waals surface area contributed by atoms with Crippen LogP contribution >= 0.6 is 0 Å². The summed E-state index contributed by atoms with van der Waals surface area (Å²) in [6.07, 6.45) is 5.68. The van der Waals surface area contributed by atoms with Gasteiger partial charge in [0.05, 0.1) is 5.97 Å². The maximum absolute atomic E-state index is 9.76. The number of carbonyl (C=O) groups excluding carboxylic acids is 1. The first kappa shape index (κ1) is 12.8. The molecule has 0 rings (SSSR count). The van der Waals surface area contributed by atoms with Crippen molar-refractivity contribution in [2.45, 2.75) is 26.2 Å². The van der Waals surface area contributed by atoms with Crippen molar-refractivity contribution in [1.82, 2.24) is 0 Å². The summed E-state index contributed by atoms with van der Waals surface area (Å²) in [6, 6.07) is 0. The van der Waals surface area contributed by atoms with Crippen LogP contribution in [0.1, 0.15) is 26.2 Å². The Balaban J connectivity index is 0. The molecular weight excluding hydrogens is 139 g/mol. The zero-order chi connectivity index (χ0) is 7.11. The monoisotopic (exact) mass is 150 g/mol. The molecule has 0 aliphatic carbocycles. The van der Waals surface area contributed by atoms with E-state index in [0.717, 1.165) is 25.3 Å². The van der Waals surface area contributed by atoms with Crippen LogP contribution in [0.25, 0.3) is 0 Å². The molecule has 0 bridgehead atoms. The number of hydrogen-bond donors (Lipinski definition) is 0. The summed E-state index contributed by atoms with van der Waals surface area (Å²) in [5.74, 6) is -1.11. The van der Waals surface area contributed by atoms with E-state index in [0.29, 0.717) is 0 Å². The second-order valence-corrected chi connectivity index (χ2v) is 1.86. The van der Waals surface area contributed by atoms with Crippen LogP contribution in [0, 0.1) is 0 Å². The Hall–Kier alpha value is 0.210. The van der Waals surface area contributed by atoms with Crippen molar-refractivity contribution in [3.8, 4) is 0 Å². The molecule has 0 aromatic heterocycles. The fourth-order valence-electron chi connectivity index (χ4n) is 0.502. The van der Waals surface area contributed by atoms with Gasteiger partial charge in [0.2, 0.25) is 0 Å². The van der Waals surface area contributed by atoms with Gasteiger partial charge in [-0.2, -0.15) is 0 Å². The summed E-state index contributed by atoms with van der Waals surface area (Å²) >= 11 is 0. The molecule has 0 aromatic rings. The molecule has 0 saturated carbocycles. The molecule has 0 aromatic carbocycles. The molecule has 0 fully saturated rings. The van der Waals surface area contributed by atoms with Gasteiger partial charge < -0.3 is 9.90 Å². The number of carbonyl (C=O) groups is 1. The van der Waals surface area contributed by atoms with Gasteiger partial charge in [0, 0.05) is 0 Å². The third kappa shape index (κ3) is 11.1. The Morgan fingerprint density at radius 2 is 2.20 bits per heavy atom. The zero-order valence-electron chi connectivity index (χ0n) is 6.59. The van der Waals surface area contributed by atoms with Gasteiger partial charge in [-0.15, -0.1) is 0 Å². The normalized spacial score (nSPS) is 9.30. The van der Waals surface area contributed by atoms with Gasteiger partial charge in [0.15, 0.2) is 0 Å². The van der Waals surface area contributed by atoms with E-state index in [1.54, 1.807) is 6.08 Å². The number of carboxylic acid groups (broad SMARTS) is 1. The zero-order valence-corrected chi connectivity index (χ0v) is 8.59. The molecule has 0 unspecified atom stereocenters. The number of hydrogen-bond acceptors (Lipinski definition) is 2. The molecule has 2 nitrogen and oxygen atoms in total. The van der Waals surface area contributed by atoms with Crippen molar-refractivity contribution >= 4 is 5.97 Å². The molecule has 0 spiro atoms. The van der Waals surface area contributed by atoms with Crippen molar-refractivity contribution in [2.24, 2.45) is 0 Å². The van der Waals surface area contributed by atoms with Crippen LogP contribution in [0.2, 0.25) is 0 Å². The van der Waals surface area contributed by atoms with Crippen molar-refractivity contribution < 1.29 is 39.5 Å². The van der Waals surface area contributed by atoms with E-state index in [9.17, 15) is 9.90 Å². The van der Waals surface area contributed by atoms with E-state index in [4.69, 9.17) is 0 Å². The third-order valence-corrected chi connectivity index (χ3v) is 0.978. The molecule has 0 aliphatic rings. The Labute approximate surface area is 83.6 Å². The van der Waals surface area contributed by atoms with Crippen LogP contribution in [0.3, 0.4) is 0 Å². The van der Waals surface area contributed by atoms with Gasteiger partial charge in [-0.1, -0.05) is 25.8 Å². The predicted molar refractivity (Wildman–Crippen MR) is 33.7 cm³/mol. The fourth-order valence-corrected chi connectivity index (χ4v) is 0.502. The largest absolute Gasteiger partial charge is 1.00 e. The van der Waals surface area contributed by atoms with Crippen LogP contribution in [0.5, 0.6) is 0 Å². The van der Waals surface area contributed by atoms with E-state index in [2.05, 4.69) is 6.92 Å². The number of rotatable bonds is 4. The average Bonchev–Trinajstić information content (AvgIpc) is 1.80. The van der Waals surface area contributed by atoms with Gasteiger partial charge >= 0.3 is 29.6 Å². The number of allylic oxidation sites excluding steroid dienone is 1. The molecule has 52 valence electrons. The Morgan fingerprint density at radius 3 is 2.60 bits per heavy atom. The maximum atomic E-state index is 9.76. The predicted octanol–water partition coefficient (Wildman–Crippen LogP) is -2.51. The Morgan fingerprint density at radius 1 is 1.60 bits per heavy atom. The second kappa shape index (κ2) is 9.21. The third-order valence-electron chi connectivity index (χ3n) is 0.978. The molecular formula is C7H11NaO2. The van der Waals surface area contributed by atoms with Crippen molar-refractivity contribution in [3.63, 3.8) is 0 Å². The minimum absolute atomic E-state index is 0. The molecule has 0 N–H and O–H groups in total. The standard InChI is InChI=1S/C7H12O2.Na/c1-2-3-4-5-6-7(8)9;/h5-6H,2-4H2,1H3,(H,8,9);/q;+1/p-1. The first-order valence-electron chi connectivity index (χ1n) is 3.15. The molecule has 0 saturated heterocycles. The molecule has 0 heterocycles. The summed E-state index contributed by atoms with van der Waals surface area (Å²) in [7, 11) is 0. The summed E-state index contributed by atoms with van der Waals surface area (Å²) in [6.45, 7) is 2.06. The summed E-state index contributed by atoms with van der Waals surface area (Å²) in [5.41, 5.74) is 0. The topological polar surface area (TPSA) is 40.1 Å². The number of carboxylic acids is 1. The van der Waals surface area contributed by atoms with Gasteiger partial charge in [-0.3, -0.25) is 0 Å². The summed E-state index contributed by atoms with van der Waals surface area (Å²) in [4.78, 5) is 9.76. The van der Waals surface area contributed by atoms with Crippen LogP contribution in [-0.4, -0.2) is 5.97 Å². The van der Waals surface area contributed by atoms with Crippen LogP contribution in [0.4, 0.5) is 0 Å². The van der Waals surface area contributed by atoms with Crippen molar-refractivity contribution in [1.29, 1.82) is 0 Å². The first-order chi connectivity index (χ1) is 4.27.